The molecular weight excluding hydrogens is 211 g/mol. The predicted octanol–water partition coefficient (Wildman–Crippen LogP) is 2.85. The van der Waals surface area contributed by atoms with Crippen LogP contribution < -0.4 is 0 Å². The van der Waals surface area contributed by atoms with Crippen LogP contribution in [0.15, 0.2) is 29.2 Å². The van der Waals surface area contributed by atoms with Gasteiger partial charge in [-0.05, 0) is 0 Å². The maximum atomic E-state index is 2.32. The Morgan fingerprint density at radius 1 is 1.25 bits per heavy atom. The van der Waals surface area contributed by atoms with Gasteiger partial charge in [-0.1, -0.05) is 0 Å². The summed E-state index contributed by atoms with van der Waals surface area (Å²) in [5.41, 5.74) is 1.57. The van der Waals surface area contributed by atoms with Crippen molar-refractivity contribution in [2.45, 2.75) is 19.8 Å². The Kier molecular flexibility index (Phi) is 2.34. The van der Waals surface area contributed by atoms with Crippen LogP contribution in [0, 0.1) is 0 Å². The molecule has 12 heavy (non-hydrogen) atoms. The number of hydrogen-bond donors (Lipinski definition) is 0. The van der Waals surface area contributed by atoms with Crippen LogP contribution in [0.1, 0.15) is 18.9 Å². The van der Waals surface area contributed by atoms with Gasteiger partial charge in [-0.3, -0.25) is 0 Å². The molecule has 0 aliphatic rings. The summed E-state index contributed by atoms with van der Waals surface area (Å²) in [6, 6.07) is 8.93. The number of fused-ring (bicyclic) bond motifs is 1. The Morgan fingerprint density at radius 2 is 2.17 bits per heavy atom. The maximum absolute atomic E-state index is 2.32. The van der Waals surface area contributed by atoms with Gasteiger partial charge in [-0.15, -0.1) is 0 Å². The van der Waals surface area contributed by atoms with Crippen LogP contribution in [-0.2, 0) is 6.42 Å². The third-order valence-electron chi connectivity index (χ3n) is 2.08. The predicted molar refractivity (Wildman–Crippen MR) is 54.9 cm³/mol. The molecule has 0 amide bonds. The fourth-order valence-corrected chi connectivity index (χ4v) is 3.50. The Bertz CT molecular complexity index is 373. The van der Waals surface area contributed by atoms with Gasteiger partial charge in [-0.2, -0.15) is 0 Å². The summed E-state index contributed by atoms with van der Waals surface area (Å²) < 4.78 is 1.62. The van der Waals surface area contributed by atoms with Crippen molar-refractivity contribution >= 4 is 24.1 Å². The number of hydrogen-bond acceptors (Lipinski definition) is 0. The van der Waals surface area contributed by atoms with Crippen molar-refractivity contribution in [2.75, 3.05) is 0 Å². The van der Waals surface area contributed by atoms with Gasteiger partial charge in [0.2, 0.25) is 0 Å². The molecule has 1 aromatic heterocycles. The van der Waals surface area contributed by atoms with Crippen LogP contribution in [-0.4, -0.2) is 14.5 Å². The second-order valence-corrected chi connectivity index (χ2v) is 4.93. The SMILES string of the molecule is CCCc1cccc2cc[se]c12. The summed E-state index contributed by atoms with van der Waals surface area (Å²) in [6.07, 6.45) is 2.50. The third-order valence-corrected chi connectivity index (χ3v) is 4.19. The zero-order chi connectivity index (χ0) is 8.39. The fraction of sp³-hybridized carbons (Fsp3) is 0.273. The number of rotatable bonds is 2. The second-order valence-electron chi connectivity index (χ2n) is 3.01. The minimum atomic E-state index is 0.612. The van der Waals surface area contributed by atoms with E-state index in [9.17, 15) is 0 Å². The van der Waals surface area contributed by atoms with E-state index < -0.39 is 0 Å². The normalized spacial score (nSPS) is 10.8. The first-order valence-corrected chi connectivity index (χ1v) is 6.21. The zero-order valence-corrected chi connectivity index (χ0v) is 8.92. The van der Waals surface area contributed by atoms with Gasteiger partial charge in [-0.25, -0.2) is 0 Å². The molecule has 1 heterocycles. The van der Waals surface area contributed by atoms with Crippen LogP contribution >= 0.6 is 0 Å². The Morgan fingerprint density at radius 3 is 3.00 bits per heavy atom. The van der Waals surface area contributed by atoms with E-state index in [1.165, 1.54) is 18.2 Å². The zero-order valence-electron chi connectivity index (χ0n) is 7.21. The van der Waals surface area contributed by atoms with Crippen LogP contribution in [0.3, 0.4) is 0 Å². The van der Waals surface area contributed by atoms with Crippen molar-refractivity contribution in [1.82, 2.24) is 0 Å². The molecule has 1 aromatic carbocycles. The summed E-state index contributed by atoms with van der Waals surface area (Å²) in [5, 5.41) is 1.46. The standard InChI is InChI=1S/C11H12Se/c1-2-4-9-5-3-6-10-7-8-12-11(9)10/h3,5-8H,2,4H2,1H3. The Hall–Kier alpha value is -0.521. The van der Waals surface area contributed by atoms with Crippen LogP contribution in [0.4, 0.5) is 0 Å². The quantitative estimate of drug-likeness (QED) is 0.687. The topological polar surface area (TPSA) is 0 Å². The second kappa shape index (κ2) is 3.47. The molecule has 0 saturated carbocycles. The molecule has 0 radical (unpaired) electrons. The van der Waals surface area contributed by atoms with E-state index >= 15 is 0 Å². The summed E-state index contributed by atoms with van der Waals surface area (Å²) in [5.74, 6) is 0. The first-order valence-electron chi connectivity index (χ1n) is 4.37. The molecule has 0 saturated heterocycles. The summed E-state index contributed by atoms with van der Waals surface area (Å²) in [6.45, 7) is 2.24. The van der Waals surface area contributed by atoms with Crippen LogP contribution in [0.2, 0.25) is 0 Å². The van der Waals surface area contributed by atoms with E-state index in [-0.39, 0.29) is 0 Å². The van der Waals surface area contributed by atoms with E-state index in [2.05, 4.69) is 36.1 Å². The van der Waals surface area contributed by atoms with E-state index in [1.807, 2.05) is 0 Å². The molecule has 0 atom stereocenters. The molecule has 2 aromatic rings. The average molecular weight is 223 g/mol. The fourth-order valence-electron chi connectivity index (χ4n) is 1.52. The molecule has 0 aliphatic carbocycles. The molecule has 62 valence electrons. The van der Waals surface area contributed by atoms with E-state index in [0.29, 0.717) is 14.5 Å². The van der Waals surface area contributed by atoms with E-state index in [4.69, 9.17) is 0 Å². The third kappa shape index (κ3) is 1.35. The molecule has 0 unspecified atom stereocenters. The van der Waals surface area contributed by atoms with Crippen molar-refractivity contribution < 1.29 is 0 Å². The molecule has 0 aliphatic heterocycles. The van der Waals surface area contributed by atoms with Gasteiger partial charge in [0.15, 0.2) is 0 Å². The number of aryl methyl sites for hydroxylation is 1. The molecule has 1 heteroatoms. The van der Waals surface area contributed by atoms with E-state index in [0.717, 1.165) is 0 Å². The Balaban J connectivity index is 2.57. The molecule has 0 nitrogen and oxygen atoms in total. The monoisotopic (exact) mass is 224 g/mol. The van der Waals surface area contributed by atoms with Crippen LogP contribution in [0.5, 0.6) is 0 Å². The Labute approximate surface area is 79.0 Å². The van der Waals surface area contributed by atoms with Gasteiger partial charge < -0.3 is 0 Å². The summed E-state index contributed by atoms with van der Waals surface area (Å²) in [4.78, 5) is 2.32. The van der Waals surface area contributed by atoms with Gasteiger partial charge >= 0.3 is 78.7 Å². The van der Waals surface area contributed by atoms with Gasteiger partial charge in [0.1, 0.15) is 0 Å². The first kappa shape index (κ1) is 8.09. The molecular formula is C11H12Se. The van der Waals surface area contributed by atoms with E-state index in [1.54, 1.807) is 9.82 Å². The molecule has 0 bridgehead atoms. The number of benzene rings is 1. The van der Waals surface area contributed by atoms with Gasteiger partial charge in [0.25, 0.3) is 0 Å². The van der Waals surface area contributed by atoms with Crippen molar-refractivity contribution in [3.05, 3.63) is 34.8 Å². The van der Waals surface area contributed by atoms with Crippen molar-refractivity contribution in [2.24, 2.45) is 0 Å². The van der Waals surface area contributed by atoms with Crippen LogP contribution in [0.25, 0.3) is 9.65 Å². The first-order chi connectivity index (χ1) is 5.92. The summed E-state index contributed by atoms with van der Waals surface area (Å²) >= 11 is 0.612. The van der Waals surface area contributed by atoms with Crippen molar-refractivity contribution in [3.63, 3.8) is 0 Å². The van der Waals surface area contributed by atoms with Gasteiger partial charge in [0, 0.05) is 0 Å². The summed E-state index contributed by atoms with van der Waals surface area (Å²) in [7, 11) is 0. The molecule has 0 N–H and O–H groups in total. The molecule has 0 fully saturated rings. The molecule has 0 spiro atoms. The van der Waals surface area contributed by atoms with Crippen molar-refractivity contribution in [1.29, 1.82) is 0 Å². The average Bonchev–Trinajstić information content (AvgIpc) is 2.53. The van der Waals surface area contributed by atoms with Crippen molar-refractivity contribution in [3.8, 4) is 0 Å². The molecule has 2 rings (SSSR count). The van der Waals surface area contributed by atoms with Gasteiger partial charge in [0.05, 0.1) is 0 Å². The minimum absolute atomic E-state index is 0.612.